The van der Waals surface area contributed by atoms with E-state index in [9.17, 15) is 9.90 Å². The number of ether oxygens (including phenoxy) is 2. The maximum atomic E-state index is 12.2. The number of carbonyl (C=O) groups excluding carboxylic acids is 1. The maximum absolute atomic E-state index is 12.2. The number of hydrogen-bond donors (Lipinski definition) is 1. The Labute approximate surface area is 145 Å². The molecule has 2 aromatic carbocycles. The van der Waals surface area contributed by atoms with Crippen LogP contribution >= 0.6 is 11.6 Å². The summed E-state index contributed by atoms with van der Waals surface area (Å²) in [4.78, 5) is 14.0. The molecule has 24 heavy (non-hydrogen) atoms. The molecule has 1 fully saturated rings. The van der Waals surface area contributed by atoms with Crippen LogP contribution in [0.25, 0.3) is 0 Å². The topological polar surface area (TPSA) is 59.0 Å². The second-order valence-corrected chi connectivity index (χ2v) is 6.09. The highest BCUT2D eigenvalue weighted by Gasteiger charge is 2.32. The number of aromatic hydroxyl groups is 1. The molecule has 1 aliphatic rings. The highest BCUT2D eigenvalue weighted by Crippen LogP contribution is 2.25. The molecule has 1 N–H and O–H groups in total. The van der Waals surface area contributed by atoms with Gasteiger partial charge in [0.1, 0.15) is 23.4 Å². The van der Waals surface area contributed by atoms with Crippen molar-refractivity contribution in [3.63, 3.8) is 0 Å². The Morgan fingerprint density at radius 1 is 1.25 bits per heavy atom. The summed E-state index contributed by atoms with van der Waals surface area (Å²) in [5, 5.41) is 9.66. The average Bonchev–Trinajstić information content (AvgIpc) is 2.54. The maximum Gasteiger partial charge on any atom is 0.227 e. The molecule has 0 bridgehead atoms. The van der Waals surface area contributed by atoms with Crippen LogP contribution in [0.4, 0.5) is 0 Å². The minimum absolute atomic E-state index is 0.00976. The van der Waals surface area contributed by atoms with E-state index in [-0.39, 0.29) is 29.2 Å². The van der Waals surface area contributed by atoms with E-state index in [1.165, 1.54) is 6.07 Å². The number of likely N-dealkylation sites (tertiary alicyclic amines) is 1. The van der Waals surface area contributed by atoms with E-state index >= 15 is 0 Å². The molecule has 0 unspecified atom stereocenters. The SMILES string of the molecule is COc1cccc(OC2CN(C(=O)Cc3ccc(O)c(Cl)c3)C2)c1. The Hall–Kier alpha value is -2.40. The van der Waals surface area contributed by atoms with Gasteiger partial charge in [-0.15, -0.1) is 0 Å². The van der Waals surface area contributed by atoms with Gasteiger partial charge in [0, 0.05) is 6.07 Å². The number of hydrogen-bond acceptors (Lipinski definition) is 4. The van der Waals surface area contributed by atoms with Gasteiger partial charge in [0.25, 0.3) is 0 Å². The molecular weight excluding hydrogens is 330 g/mol. The van der Waals surface area contributed by atoms with Crippen LogP contribution in [0.2, 0.25) is 5.02 Å². The molecule has 0 spiro atoms. The fourth-order valence-electron chi connectivity index (χ4n) is 2.53. The van der Waals surface area contributed by atoms with Gasteiger partial charge in [-0.05, 0) is 29.8 Å². The van der Waals surface area contributed by atoms with Gasteiger partial charge in [0.2, 0.25) is 5.91 Å². The van der Waals surface area contributed by atoms with E-state index in [2.05, 4.69) is 0 Å². The predicted octanol–water partition coefficient (Wildman–Crippen LogP) is 2.89. The van der Waals surface area contributed by atoms with E-state index in [4.69, 9.17) is 21.1 Å². The minimum atomic E-state index is -0.00976. The molecule has 0 aliphatic carbocycles. The average molecular weight is 348 g/mol. The third-order valence-electron chi connectivity index (χ3n) is 3.91. The predicted molar refractivity (Wildman–Crippen MR) is 90.8 cm³/mol. The summed E-state index contributed by atoms with van der Waals surface area (Å²) in [5.41, 5.74) is 0.778. The van der Waals surface area contributed by atoms with Crippen LogP contribution in [-0.2, 0) is 11.2 Å². The van der Waals surface area contributed by atoms with Gasteiger partial charge in [-0.25, -0.2) is 0 Å². The summed E-state index contributed by atoms with van der Waals surface area (Å²) in [6.07, 6.45) is 0.246. The molecule has 1 saturated heterocycles. The zero-order chi connectivity index (χ0) is 17.1. The first-order valence-electron chi connectivity index (χ1n) is 7.61. The smallest absolute Gasteiger partial charge is 0.227 e. The van der Waals surface area contributed by atoms with Crippen molar-refractivity contribution in [1.29, 1.82) is 0 Å². The normalized spacial score (nSPS) is 14.2. The summed E-state index contributed by atoms with van der Waals surface area (Å²) in [7, 11) is 1.61. The molecule has 1 heterocycles. The second-order valence-electron chi connectivity index (χ2n) is 5.68. The Morgan fingerprint density at radius 3 is 2.71 bits per heavy atom. The number of methoxy groups -OCH3 is 1. The fourth-order valence-corrected chi connectivity index (χ4v) is 2.73. The van der Waals surface area contributed by atoms with Crippen LogP contribution in [-0.4, -0.2) is 42.2 Å². The molecular formula is C18H18ClNO4. The highest BCUT2D eigenvalue weighted by molar-refractivity contribution is 6.32. The number of halogens is 1. The molecule has 1 amide bonds. The van der Waals surface area contributed by atoms with E-state index in [1.807, 2.05) is 24.3 Å². The number of rotatable bonds is 5. The lowest BCUT2D eigenvalue weighted by Crippen LogP contribution is -2.56. The first-order chi connectivity index (χ1) is 11.5. The monoisotopic (exact) mass is 347 g/mol. The van der Waals surface area contributed by atoms with Gasteiger partial charge >= 0.3 is 0 Å². The molecule has 3 rings (SSSR count). The Morgan fingerprint density at radius 2 is 2.00 bits per heavy atom. The van der Waals surface area contributed by atoms with Crippen molar-refractivity contribution in [3.05, 3.63) is 53.1 Å². The van der Waals surface area contributed by atoms with E-state index in [0.29, 0.717) is 13.1 Å². The van der Waals surface area contributed by atoms with E-state index in [1.54, 1.807) is 24.1 Å². The minimum Gasteiger partial charge on any atom is -0.506 e. The zero-order valence-corrected chi connectivity index (χ0v) is 14.0. The number of carbonyl (C=O) groups is 1. The third kappa shape index (κ3) is 3.74. The van der Waals surface area contributed by atoms with Gasteiger partial charge in [-0.2, -0.15) is 0 Å². The largest absolute Gasteiger partial charge is 0.506 e. The molecule has 0 radical (unpaired) electrons. The first-order valence-corrected chi connectivity index (χ1v) is 7.99. The standard InChI is InChI=1S/C18H18ClNO4/c1-23-13-3-2-4-14(9-13)24-15-10-20(11-15)18(22)8-12-5-6-17(21)16(19)7-12/h2-7,9,15,21H,8,10-11H2,1H3. The van der Waals surface area contributed by atoms with Crippen molar-refractivity contribution in [2.24, 2.45) is 0 Å². The van der Waals surface area contributed by atoms with E-state index < -0.39 is 0 Å². The third-order valence-corrected chi connectivity index (χ3v) is 4.21. The number of nitrogens with zero attached hydrogens (tertiary/aromatic N) is 1. The van der Waals surface area contributed by atoms with Crippen molar-refractivity contribution < 1.29 is 19.4 Å². The quantitative estimate of drug-likeness (QED) is 0.903. The van der Waals surface area contributed by atoms with Crippen LogP contribution in [0, 0.1) is 0 Å². The molecule has 1 aliphatic heterocycles. The highest BCUT2D eigenvalue weighted by atomic mass is 35.5. The lowest BCUT2D eigenvalue weighted by Gasteiger charge is -2.39. The van der Waals surface area contributed by atoms with Gasteiger partial charge in [-0.1, -0.05) is 23.7 Å². The Kier molecular flexibility index (Phi) is 4.81. The molecule has 126 valence electrons. The summed E-state index contributed by atoms with van der Waals surface area (Å²) in [6.45, 7) is 1.11. The number of amides is 1. The van der Waals surface area contributed by atoms with E-state index in [0.717, 1.165) is 17.1 Å². The lowest BCUT2D eigenvalue weighted by atomic mass is 10.1. The molecule has 0 saturated carbocycles. The molecule has 0 aromatic heterocycles. The zero-order valence-electron chi connectivity index (χ0n) is 13.2. The Balaban J connectivity index is 1.50. The summed E-state index contributed by atoms with van der Waals surface area (Å²) >= 11 is 5.86. The van der Waals surface area contributed by atoms with Crippen LogP contribution < -0.4 is 9.47 Å². The summed E-state index contributed by atoms with van der Waals surface area (Å²) in [6, 6.07) is 12.2. The van der Waals surface area contributed by atoms with Crippen LogP contribution in [0.3, 0.4) is 0 Å². The molecule has 5 nitrogen and oxygen atoms in total. The summed E-state index contributed by atoms with van der Waals surface area (Å²) in [5.74, 6) is 1.51. The Bertz CT molecular complexity index is 744. The number of phenolic OH excluding ortho intramolecular Hbond substituents is 1. The van der Waals surface area contributed by atoms with Gasteiger partial charge < -0.3 is 19.5 Å². The van der Waals surface area contributed by atoms with Crippen molar-refractivity contribution in [3.8, 4) is 17.2 Å². The van der Waals surface area contributed by atoms with Crippen molar-refractivity contribution in [2.45, 2.75) is 12.5 Å². The van der Waals surface area contributed by atoms with Crippen molar-refractivity contribution in [2.75, 3.05) is 20.2 Å². The van der Waals surface area contributed by atoms with Crippen LogP contribution in [0.15, 0.2) is 42.5 Å². The second kappa shape index (κ2) is 7.01. The van der Waals surface area contributed by atoms with Crippen molar-refractivity contribution >= 4 is 17.5 Å². The van der Waals surface area contributed by atoms with Crippen LogP contribution in [0.1, 0.15) is 5.56 Å². The fraction of sp³-hybridized carbons (Fsp3) is 0.278. The van der Waals surface area contributed by atoms with Gasteiger partial charge in [0.05, 0.1) is 31.6 Å². The van der Waals surface area contributed by atoms with Crippen LogP contribution in [0.5, 0.6) is 17.2 Å². The van der Waals surface area contributed by atoms with Crippen molar-refractivity contribution in [1.82, 2.24) is 4.90 Å². The molecule has 6 heteroatoms. The summed E-state index contributed by atoms with van der Waals surface area (Å²) < 4.78 is 11.0. The van der Waals surface area contributed by atoms with Gasteiger partial charge in [0.15, 0.2) is 0 Å². The lowest BCUT2D eigenvalue weighted by molar-refractivity contribution is -0.139. The van der Waals surface area contributed by atoms with Gasteiger partial charge in [-0.3, -0.25) is 4.79 Å². The first kappa shape index (κ1) is 16.5. The number of benzene rings is 2. The molecule has 0 atom stereocenters. The number of phenols is 1. The molecule has 2 aromatic rings.